The summed E-state index contributed by atoms with van der Waals surface area (Å²) in [5.41, 5.74) is 1.80. The van der Waals surface area contributed by atoms with Gasteiger partial charge in [0.05, 0.1) is 11.4 Å². The summed E-state index contributed by atoms with van der Waals surface area (Å²) in [4.78, 5) is 13.0. The molecule has 5 nitrogen and oxygen atoms in total. The number of carbonyl (C=O) groups excluding carboxylic acids is 1. The van der Waals surface area contributed by atoms with Crippen molar-refractivity contribution in [3.63, 3.8) is 0 Å². The largest absolute Gasteiger partial charge is 0.508 e. The third-order valence-corrected chi connectivity index (χ3v) is 7.44. The third-order valence-electron chi connectivity index (χ3n) is 4.70. The predicted octanol–water partition coefficient (Wildman–Crippen LogP) is 6.40. The lowest BCUT2D eigenvalue weighted by molar-refractivity contribution is -0.117. The minimum absolute atomic E-state index is 0.0250. The van der Waals surface area contributed by atoms with Crippen LogP contribution in [0.25, 0.3) is 21.8 Å². The van der Waals surface area contributed by atoms with E-state index in [4.69, 9.17) is 0 Å². The Morgan fingerprint density at radius 2 is 1.38 bits per heavy atom. The van der Waals surface area contributed by atoms with Crippen molar-refractivity contribution >= 4 is 70.0 Å². The summed E-state index contributed by atoms with van der Waals surface area (Å²) in [6.45, 7) is 0.0250. The van der Waals surface area contributed by atoms with Gasteiger partial charge in [0.25, 0.3) is 0 Å². The SMILES string of the molecule is O=C(Cn1c2ccc(Br)cc2c2cc(Br)ccc21)CS(O)(O)c1ccc(O)cc1. The molecule has 0 amide bonds. The number of phenols is 1. The molecule has 3 N–H and O–H groups in total. The van der Waals surface area contributed by atoms with Crippen LogP contribution in [0, 0.1) is 0 Å². The number of aromatic nitrogens is 1. The first-order valence-corrected chi connectivity index (χ1v) is 12.0. The number of ketones is 1. The average molecular weight is 539 g/mol. The molecule has 1 heterocycles. The van der Waals surface area contributed by atoms with Crippen molar-refractivity contribution in [3.8, 4) is 5.75 Å². The summed E-state index contributed by atoms with van der Waals surface area (Å²) in [6, 6.07) is 17.3. The van der Waals surface area contributed by atoms with Crippen LogP contribution in [-0.2, 0) is 11.3 Å². The Hall–Kier alpha value is -1.84. The lowest BCUT2D eigenvalue weighted by Crippen LogP contribution is -2.18. The van der Waals surface area contributed by atoms with Crippen LogP contribution >= 0.6 is 42.4 Å². The molecule has 0 aliphatic rings. The molecule has 8 heteroatoms. The molecular formula is C21H17Br2NO4S. The predicted molar refractivity (Wildman–Crippen MR) is 124 cm³/mol. The summed E-state index contributed by atoms with van der Waals surface area (Å²) in [5, 5.41) is 11.4. The van der Waals surface area contributed by atoms with Crippen molar-refractivity contribution in [3.05, 3.63) is 69.6 Å². The molecule has 0 fully saturated rings. The fourth-order valence-electron chi connectivity index (χ4n) is 3.41. The smallest absolute Gasteiger partial charge is 0.171 e. The average Bonchev–Trinajstić information content (AvgIpc) is 2.94. The van der Waals surface area contributed by atoms with E-state index in [9.17, 15) is 19.0 Å². The van der Waals surface area contributed by atoms with Gasteiger partial charge in [-0.2, -0.15) is 10.6 Å². The van der Waals surface area contributed by atoms with Crippen molar-refractivity contribution < 1.29 is 19.0 Å². The van der Waals surface area contributed by atoms with E-state index in [1.54, 1.807) is 0 Å². The van der Waals surface area contributed by atoms with Crippen LogP contribution in [0.2, 0.25) is 0 Å². The maximum absolute atomic E-state index is 12.8. The van der Waals surface area contributed by atoms with Crippen LogP contribution in [-0.4, -0.2) is 30.3 Å². The standard InChI is InChI=1S/C21H17Br2NO4S/c22-13-1-7-20-18(9-13)19-10-14(23)2-8-21(19)24(20)11-16(26)12-29(27,28)17-5-3-15(25)4-6-17/h1-10,25,27-28H,11-12H2. The van der Waals surface area contributed by atoms with E-state index in [1.165, 1.54) is 24.3 Å². The van der Waals surface area contributed by atoms with Crippen molar-refractivity contribution in [2.24, 2.45) is 0 Å². The van der Waals surface area contributed by atoms with Gasteiger partial charge in [-0.25, -0.2) is 0 Å². The van der Waals surface area contributed by atoms with E-state index < -0.39 is 10.6 Å². The second-order valence-electron chi connectivity index (χ2n) is 6.75. The van der Waals surface area contributed by atoms with Gasteiger partial charge in [0.1, 0.15) is 11.5 Å². The molecule has 4 aromatic rings. The highest BCUT2D eigenvalue weighted by molar-refractivity contribution is 9.10. The molecule has 0 spiro atoms. The Kier molecular flexibility index (Phi) is 5.48. The van der Waals surface area contributed by atoms with Gasteiger partial charge in [-0.05, 0) is 60.7 Å². The van der Waals surface area contributed by atoms with Gasteiger partial charge in [-0.3, -0.25) is 13.9 Å². The van der Waals surface area contributed by atoms with E-state index in [1.807, 2.05) is 41.0 Å². The number of hydrogen-bond donors (Lipinski definition) is 3. The molecule has 0 atom stereocenters. The Labute approximate surface area is 185 Å². The first kappa shape index (κ1) is 20.4. The molecule has 0 aliphatic heterocycles. The normalized spacial score (nSPS) is 12.6. The fourth-order valence-corrected chi connectivity index (χ4v) is 5.41. The number of Topliss-reactive ketones (excluding diaryl/α,β-unsaturated/α-hetero) is 1. The maximum Gasteiger partial charge on any atom is 0.171 e. The quantitative estimate of drug-likeness (QED) is 0.274. The van der Waals surface area contributed by atoms with Gasteiger partial charge in [0, 0.05) is 30.8 Å². The van der Waals surface area contributed by atoms with E-state index >= 15 is 0 Å². The molecular weight excluding hydrogens is 522 g/mol. The molecule has 0 unspecified atom stereocenters. The third kappa shape index (κ3) is 4.08. The van der Waals surface area contributed by atoms with Crippen LogP contribution in [0.15, 0.2) is 74.5 Å². The molecule has 0 radical (unpaired) electrons. The number of halogens is 2. The lowest BCUT2D eigenvalue weighted by Gasteiger charge is -2.31. The maximum atomic E-state index is 12.8. The second kappa shape index (κ2) is 7.77. The Balaban J connectivity index is 1.69. The molecule has 29 heavy (non-hydrogen) atoms. The number of phenolic OH excluding ortho intramolecular Hbond substituents is 1. The van der Waals surface area contributed by atoms with Crippen molar-refractivity contribution in [1.82, 2.24) is 4.57 Å². The highest BCUT2D eigenvalue weighted by atomic mass is 79.9. The number of hydrogen-bond acceptors (Lipinski definition) is 4. The summed E-state index contributed by atoms with van der Waals surface area (Å²) >= 11 is 7.00. The second-order valence-corrected chi connectivity index (χ2v) is 10.7. The Morgan fingerprint density at radius 1 is 0.862 bits per heavy atom. The van der Waals surface area contributed by atoms with Crippen LogP contribution in [0.4, 0.5) is 0 Å². The monoisotopic (exact) mass is 537 g/mol. The molecule has 3 aromatic carbocycles. The van der Waals surface area contributed by atoms with E-state index in [-0.39, 0.29) is 28.7 Å². The molecule has 1 aromatic heterocycles. The van der Waals surface area contributed by atoms with Gasteiger partial charge in [0.2, 0.25) is 0 Å². The summed E-state index contributed by atoms with van der Waals surface area (Å²) < 4.78 is 24.8. The number of carbonyl (C=O) groups is 1. The molecule has 4 rings (SSSR count). The van der Waals surface area contributed by atoms with Crippen molar-refractivity contribution in [2.45, 2.75) is 11.4 Å². The van der Waals surface area contributed by atoms with Crippen molar-refractivity contribution in [1.29, 1.82) is 0 Å². The van der Waals surface area contributed by atoms with E-state index in [0.29, 0.717) is 0 Å². The molecule has 0 bridgehead atoms. The van der Waals surface area contributed by atoms with Gasteiger partial charge >= 0.3 is 0 Å². The minimum atomic E-state index is -3.29. The van der Waals surface area contributed by atoms with Gasteiger partial charge in [-0.1, -0.05) is 31.9 Å². The topological polar surface area (TPSA) is 82.7 Å². The number of nitrogens with zero attached hydrogens (tertiary/aromatic N) is 1. The first-order chi connectivity index (χ1) is 13.7. The Morgan fingerprint density at radius 3 is 1.90 bits per heavy atom. The summed E-state index contributed by atoms with van der Waals surface area (Å²) in [5.74, 6) is -0.646. The van der Waals surface area contributed by atoms with Gasteiger partial charge < -0.3 is 9.67 Å². The van der Waals surface area contributed by atoms with Crippen molar-refractivity contribution in [2.75, 3.05) is 5.75 Å². The number of rotatable bonds is 5. The molecule has 0 saturated heterocycles. The van der Waals surface area contributed by atoms with Crippen LogP contribution in [0.1, 0.15) is 0 Å². The molecule has 150 valence electrons. The zero-order chi connectivity index (χ0) is 20.8. The van der Waals surface area contributed by atoms with E-state index in [2.05, 4.69) is 31.9 Å². The summed E-state index contributed by atoms with van der Waals surface area (Å²) in [6.07, 6.45) is 0. The zero-order valence-electron chi connectivity index (χ0n) is 15.0. The fraction of sp³-hybridized carbons (Fsp3) is 0.0952. The van der Waals surface area contributed by atoms with Crippen LogP contribution in [0.3, 0.4) is 0 Å². The number of fused-ring (bicyclic) bond motifs is 3. The first-order valence-electron chi connectivity index (χ1n) is 8.68. The Bertz CT molecular complexity index is 1180. The number of benzene rings is 3. The molecule has 0 aliphatic carbocycles. The molecule has 0 saturated carbocycles. The van der Waals surface area contributed by atoms with E-state index in [0.717, 1.165) is 30.8 Å². The lowest BCUT2D eigenvalue weighted by atomic mass is 10.2. The van der Waals surface area contributed by atoms with Gasteiger partial charge in [-0.15, -0.1) is 0 Å². The highest BCUT2D eigenvalue weighted by Crippen LogP contribution is 2.48. The van der Waals surface area contributed by atoms with Crippen LogP contribution < -0.4 is 0 Å². The summed E-state index contributed by atoms with van der Waals surface area (Å²) in [7, 11) is -3.29. The minimum Gasteiger partial charge on any atom is -0.508 e. The number of aromatic hydroxyl groups is 1. The zero-order valence-corrected chi connectivity index (χ0v) is 19.0. The van der Waals surface area contributed by atoms with Gasteiger partial charge in [0.15, 0.2) is 5.78 Å². The van der Waals surface area contributed by atoms with Crippen LogP contribution in [0.5, 0.6) is 5.75 Å². The highest BCUT2D eigenvalue weighted by Gasteiger charge is 2.22.